The van der Waals surface area contributed by atoms with Gasteiger partial charge in [-0.3, -0.25) is 14.6 Å². The van der Waals surface area contributed by atoms with Gasteiger partial charge in [0.1, 0.15) is 0 Å². The van der Waals surface area contributed by atoms with Gasteiger partial charge in [-0.1, -0.05) is 32.0 Å². The first-order valence-electron chi connectivity index (χ1n) is 8.49. The fourth-order valence-corrected chi connectivity index (χ4v) is 3.11. The van der Waals surface area contributed by atoms with Crippen molar-refractivity contribution >= 4 is 28.4 Å². The molecule has 5 heteroatoms. The zero-order valence-corrected chi connectivity index (χ0v) is 14.2. The maximum atomic E-state index is 12.5. The van der Waals surface area contributed by atoms with Crippen LogP contribution in [0.4, 0.5) is 5.69 Å². The number of rotatable bonds is 3. The summed E-state index contributed by atoms with van der Waals surface area (Å²) in [5.41, 5.74) is 1.63. The van der Waals surface area contributed by atoms with Gasteiger partial charge in [0.15, 0.2) is 0 Å². The molecule has 1 aliphatic heterocycles. The zero-order valence-electron chi connectivity index (χ0n) is 14.2. The molecule has 1 aliphatic rings. The van der Waals surface area contributed by atoms with Crippen LogP contribution in [0, 0.1) is 11.8 Å². The fraction of sp³-hybridized carbons (Fsp3) is 0.421. The first kappa shape index (κ1) is 16.4. The van der Waals surface area contributed by atoms with Crippen LogP contribution in [0.2, 0.25) is 0 Å². The van der Waals surface area contributed by atoms with Gasteiger partial charge in [-0.25, -0.2) is 0 Å². The summed E-state index contributed by atoms with van der Waals surface area (Å²) in [5.74, 6) is 0.156. The van der Waals surface area contributed by atoms with E-state index in [1.165, 1.54) is 0 Å². The number of piperidine rings is 1. The Kier molecular flexibility index (Phi) is 4.79. The van der Waals surface area contributed by atoms with Crippen LogP contribution in [0.1, 0.15) is 26.7 Å². The standard InChI is InChI=1S/C19H23N3O2/c1-13(2)19(24)22-9-7-14(8-10-22)18(23)21-16-11-15-5-3-4-6-17(15)20-12-16/h3-6,11-14H,7-10H2,1-2H3,(H,21,23). The molecule has 0 saturated carbocycles. The Balaban J connectivity index is 1.60. The number of nitrogens with zero attached hydrogens (tertiary/aromatic N) is 2. The van der Waals surface area contributed by atoms with E-state index in [1.54, 1.807) is 6.20 Å². The second kappa shape index (κ2) is 6.99. The van der Waals surface area contributed by atoms with Crippen molar-refractivity contribution in [2.75, 3.05) is 18.4 Å². The Morgan fingerprint density at radius 2 is 1.92 bits per heavy atom. The van der Waals surface area contributed by atoms with Crippen LogP contribution in [0.3, 0.4) is 0 Å². The molecule has 24 heavy (non-hydrogen) atoms. The fourth-order valence-electron chi connectivity index (χ4n) is 3.11. The molecule has 2 aromatic rings. The van der Waals surface area contributed by atoms with Crippen molar-refractivity contribution in [3.05, 3.63) is 36.5 Å². The van der Waals surface area contributed by atoms with E-state index in [1.807, 2.05) is 49.1 Å². The lowest BCUT2D eigenvalue weighted by Crippen LogP contribution is -2.43. The lowest BCUT2D eigenvalue weighted by molar-refractivity contribution is -0.137. The van der Waals surface area contributed by atoms with Crippen molar-refractivity contribution in [3.63, 3.8) is 0 Å². The molecule has 1 aromatic heterocycles. The van der Waals surface area contributed by atoms with E-state index in [2.05, 4.69) is 10.3 Å². The molecule has 3 rings (SSSR count). The number of hydrogen-bond acceptors (Lipinski definition) is 3. The molecule has 1 fully saturated rings. The maximum Gasteiger partial charge on any atom is 0.227 e. The highest BCUT2D eigenvalue weighted by atomic mass is 16.2. The molecule has 2 heterocycles. The summed E-state index contributed by atoms with van der Waals surface area (Å²) in [4.78, 5) is 30.7. The Hall–Kier alpha value is -2.43. The summed E-state index contributed by atoms with van der Waals surface area (Å²) in [5, 5.41) is 3.97. The molecule has 1 saturated heterocycles. The molecule has 0 bridgehead atoms. The first-order valence-corrected chi connectivity index (χ1v) is 8.49. The summed E-state index contributed by atoms with van der Waals surface area (Å²) in [7, 11) is 0. The Labute approximate surface area is 142 Å². The monoisotopic (exact) mass is 325 g/mol. The van der Waals surface area contributed by atoms with Crippen molar-refractivity contribution < 1.29 is 9.59 Å². The van der Waals surface area contributed by atoms with Crippen LogP contribution in [0.15, 0.2) is 36.5 Å². The molecule has 1 aromatic carbocycles. The van der Waals surface area contributed by atoms with E-state index in [0.717, 1.165) is 16.6 Å². The second-order valence-electron chi connectivity index (χ2n) is 6.66. The topological polar surface area (TPSA) is 62.3 Å². The van der Waals surface area contributed by atoms with Crippen molar-refractivity contribution in [2.24, 2.45) is 11.8 Å². The molecule has 0 atom stereocenters. The van der Waals surface area contributed by atoms with E-state index in [9.17, 15) is 9.59 Å². The van der Waals surface area contributed by atoms with Crippen molar-refractivity contribution in [1.82, 2.24) is 9.88 Å². The number of nitrogens with one attached hydrogen (secondary N) is 1. The molecule has 0 aliphatic carbocycles. The second-order valence-corrected chi connectivity index (χ2v) is 6.66. The SMILES string of the molecule is CC(C)C(=O)N1CCC(C(=O)Nc2cnc3ccccc3c2)CC1. The number of benzene rings is 1. The largest absolute Gasteiger partial charge is 0.342 e. The molecular weight excluding hydrogens is 302 g/mol. The number of likely N-dealkylation sites (tertiary alicyclic amines) is 1. The van der Waals surface area contributed by atoms with Gasteiger partial charge in [0.25, 0.3) is 0 Å². The van der Waals surface area contributed by atoms with E-state index in [4.69, 9.17) is 0 Å². The normalized spacial score (nSPS) is 15.7. The number of anilines is 1. The van der Waals surface area contributed by atoms with Crippen LogP contribution in [0.5, 0.6) is 0 Å². The highest BCUT2D eigenvalue weighted by Gasteiger charge is 2.28. The Morgan fingerprint density at radius 1 is 1.21 bits per heavy atom. The Bertz CT molecular complexity index is 749. The van der Waals surface area contributed by atoms with Crippen LogP contribution in [-0.2, 0) is 9.59 Å². The lowest BCUT2D eigenvalue weighted by atomic mass is 9.95. The Morgan fingerprint density at radius 3 is 2.62 bits per heavy atom. The van der Waals surface area contributed by atoms with Crippen LogP contribution in [-0.4, -0.2) is 34.8 Å². The summed E-state index contributed by atoms with van der Waals surface area (Å²) >= 11 is 0. The summed E-state index contributed by atoms with van der Waals surface area (Å²) in [6.07, 6.45) is 3.12. The molecule has 126 valence electrons. The van der Waals surface area contributed by atoms with E-state index in [0.29, 0.717) is 25.9 Å². The quantitative estimate of drug-likeness (QED) is 0.943. The average Bonchev–Trinajstić information content (AvgIpc) is 2.61. The smallest absolute Gasteiger partial charge is 0.227 e. The van der Waals surface area contributed by atoms with Crippen LogP contribution >= 0.6 is 0 Å². The number of para-hydroxylation sites is 1. The predicted molar refractivity (Wildman–Crippen MR) is 94.5 cm³/mol. The summed E-state index contributed by atoms with van der Waals surface area (Å²) < 4.78 is 0. The van der Waals surface area contributed by atoms with Crippen molar-refractivity contribution in [1.29, 1.82) is 0 Å². The molecule has 1 N–H and O–H groups in total. The lowest BCUT2D eigenvalue weighted by Gasteiger charge is -2.32. The molecule has 0 unspecified atom stereocenters. The summed E-state index contributed by atoms with van der Waals surface area (Å²) in [6.45, 7) is 5.14. The number of carbonyl (C=O) groups excluding carboxylic acids is 2. The average molecular weight is 325 g/mol. The predicted octanol–water partition coefficient (Wildman–Crippen LogP) is 3.07. The molecular formula is C19H23N3O2. The zero-order chi connectivity index (χ0) is 17.1. The molecule has 0 spiro atoms. The van der Waals surface area contributed by atoms with Crippen LogP contribution in [0.25, 0.3) is 10.9 Å². The third-order valence-corrected chi connectivity index (χ3v) is 4.53. The number of pyridine rings is 1. The van der Waals surface area contributed by atoms with Gasteiger partial charge in [-0.15, -0.1) is 0 Å². The minimum Gasteiger partial charge on any atom is -0.342 e. The van der Waals surface area contributed by atoms with Gasteiger partial charge >= 0.3 is 0 Å². The third-order valence-electron chi connectivity index (χ3n) is 4.53. The minimum absolute atomic E-state index is 0.0130. The van der Waals surface area contributed by atoms with Crippen molar-refractivity contribution in [2.45, 2.75) is 26.7 Å². The first-order chi connectivity index (χ1) is 11.5. The highest BCUT2D eigenvalue weighted by molar-refractivity contribution is 5.94. The number of aromatic nitrogens is 1. The van der Waals surface area contributed by atoms with E-state index < -0.39 is 0 Å². The minimum atomic E-state index is -0.0484. The number of hydrogen-bond donors (Lipinski definition) is 1. The third kappa shape index (κ3) is 3.55. The van der Waals surface area contributed by atoms with Gasteiger partial charge in [0, 0.05) is 30.3 Å². The maximum absolute atomic E-state index is 12.5. The van der Waals surface area contributed by atoms with Gasteiger partial charge < -0.3 is 10.2 Å². The van der Waals surface area contributed by atoms with Gasteiger partial charge in [-0.2, -0.15) is 0 Å². The number of fused-ring (bicyclic) bond motifs is 1. The van der Waals surface area contributed by atoms with Crippen LogP contribution < -0.4 is 5.32 Å². The van der Waals surface area contributed by atoms with Gasteiger partial charge in [0.2, 0.25) is 11.8 Å². The van der Waals surface area contributed by atoms with Gasteiger partial charge in [-0.05, 0) is 25.0 Å². The van der Waals surface area contributed by atoms with E-state index in [-0.39, 0.29) is 23.7 Å². The van der Waals surface area contributed by atoms with Crippen molar-refractivity contribution in [3.8, 4) is 0 Å². The number of carbonyl (C=O) groups is 2. The molecule has 0 radical (unpaired) electrons. The number of amides is 2. The molecule has 2 amide bonds. The van der Waals surface area contributed by atoms with Gasteiger partial charge in [0.05, 0.1) is 17.4 Å². The highest BCUT2D eigenvalue weighted by Crippen LogP contribution is 2.22. The summed E-state index contributed by atoms with van der Waals surface area (Å²) in [6, 6.07) is 9.77. The van der Waals surface area contributed by atoms with E-state index >= 15 is 0 Å². The molecule has 5 nitrogen and oxygen atoms in total.